The molecule has 30 heavy (non-hydrogen) atoms. The molecule has 1 amide bonds. The van der Waals surface area contributed by atoms with Crippen LogP contribution in [-0.4, -0.2) is 38.7 Å². The first-order valence-electron chi connectivity index (χ1n) is 10.8. The Balaban J connectivity index is 1.43. The van der Waals surface area contributed by atoms with Crippen LogP contribution >= 0.6 is 0 Å². The third-order valence-electron chi connectivity index (χ3n) is 5.62. The second-order valence-electron chi connectivity index (χ2n) is 8.66. The number of oxazole rings is 1. The molecule has 1 atom stereocenters. The molecule has 2 aromatic heterocycles. The lowest BCUT2D eigenvalue weighted by Crippen LogP contribution is -2.40. The number of amides is 1. The Morgan fingerprint density at radius 1 is 1.27 bits per heavy atom. The van der Waals surface area contributed by atoms with Crippen molar-refractivity contribution in [2.24, 2.45) is 13.0 Å². The van der Waals surface area contributed by atoms with Crippen molar-refractivity contribution in [2.45, 2.75) is 45.4 Å². The van der Waals surface area contributed by atoms with E-state index < -0.39 is 0 Å². The summed E-state index contributed by atoms with van der Waals surface area (Å²) >= 11 is 0. The van der Waals surface area contributed by atoms with E-state index >= 15 is 0 Å². The van der Waals surface area contributed by atoms with Crippen LogP contribution < -0.4 is 0 Å². The molecular weight excluding hydrogens is 376 g/mol. The number of nitrogens with zero attached hydrogens (tertiary/aromatic N) is 4. The smallest absolute Gasteiger partial charge is 0.272 e. The molecule has 4 rings (SSSR count). The van der Waals surface area contributed by atoms with Crippen molar-refractivity contribution < 1.29 is 9.21 Å². The molecule has 0 saturated carbocycles. The molecule has 0 spiro atoms. The van der Waals surface area contributed by atoms with E-state index in [4.69, 9.17) is 4.42 Å². The molecule has 3 aromatic rings. The molecule has 1 aliphatic rings. The molecule has 0 bridgehead atoms. The minimum absolute atomic E-state index is 0.0424. The number of hydrogen-bond donors (Lipinski definition) is 0. The molecule has 1 fully saturated rings. The molecule has 3 heterocycles. The largest absolute Gasteiger partial charge is 0.445 e. The highest BCUT2D eigenvalue weighted by Crippen LogP contribution is 2.28. The molecule has 6 heteroatoms. The summed E-state index contributed by atoms with van der Waals surface area (Å²) in [6.07, 6.45) is 5.37. The van der Waals surface area contributed by atoms with Gasteiger partial charge in [0.05, 0.1) is 17.8 Å². The van der Waals surface area contributed by atoms with Crippen molar-refractivity contribution >= 4 is 5.91 Å². The van der Waals surface area contributed by atoms with Crippen LogP contribution in [0.3, 0.4) is 0 Å². The number of rotatable bonds is 6. The van der Waals surface area contributed by atoms with Crippen LogP contribution in [0.25, 0.3) is 0 Å². The number of hydrogen-bond acceptors (Lipinski definition) is 4. The first-order chi connectivity index (χ1) is 14.5. The topological polar surface area (TPSA) is 64.2 Å². The third kappa shape index (κ3) is 4.64. The van der Waals surface area contributed by atoms with Crippen molar-refractivity contribution in [1.29, 1.82) is 0 Å². The molecule has 0 aliphatic carbocycles. The average Bonchev–Trinajstić information content (AvgIpc) is 3.34. The molecule has 0 N–H and O–H groups in total. The van der Waals surface area contributed by atoms with Crippen molar-refractivity contribution in [3.05, 3.63) is 71.2 Å². The molecule has 158 valence electrons. The van der Waals surface area contributed by atoms with Gasteiger partial charge < -0.3 is 9.32 Å². The van der Waals surface area contributed by atoms with Crippen LogP contribution in [0, 0.1) is 5.92 Å². The van der Waals surface area contributed by atoms with E-state index in [1.165, 1.54) is 5.56 Å². The second kappa shape index (κ2) is 8.86. The number of piperidine rings is 1. The Kier molecular flexibility index (Phi) is 6.02. The van der Waals surface area contributed by atoms with E-state index in [-0.39, 0.29) is 11.8 Å². The SMILES string of the molecule is CC(C)Cc1cc(C(=O)N2CCC[C@H](c3ncc(Cc4ccccc4)o3)C2)n(C)n1. The first kappa shape index (κ1) is 20.4. The number of carbonyl (C=O) groups is 1. The van der Waals surface area contributed by atoms with Gasteiger partial charge in [-0.1, -0.05) is 44.2 Å². The zero-order valence-electron chi connectivity index (χ0n) is 18.0. The average molecular weight is 407 g/mol. The molecule has 0 unspecified atom stereocenters. The Labute approximate surface area is 177 Å². The number of aryl methyl sites for hydroxylation is 1. The maximum Gasteiger partial charge on any atom is 0.272 e. The first-order valence-corrected chi connectivity index (χ1v) is 10.8. The highest BCUT2D eigenvalue weighted by molar-refractivity contribution is 5.92. The molecule has 1 aliphatic heterocycles. The lowest BCUT2D eigenvalue weighted by atomic mass is 9.97. The van der Waals surface area contributed by atoms with Gasteiger partial charge in [-0.15, -0.1) is 0 Å². The fraction of sp³-hybridized carbons (Fsp3) is 0.458. The minimum Gasteiger partial charge on any atom is -0.445 e. The fourth-order valence-corrected chi connectivity index (χ4v) is 4.16. The summed E-state index contributed by atoms with van der Waals surface area (Å²) < 4.78 is 7.78. The van der Waals surface area contributed by atoms with E-state index in [0.29, 0.717) is 18.2 Å². The van der Waals surface area contributed by atoms with Crippen molar-refractivity contribution in [3.8, 4) is 0 Å². The van der Waals surface area contributed by atoms with Gasteiger partial charge in [0, 0.05) is 26.6 Å². The number of likely N-dealkylation sites (tertiary alicyclic amines) is 1. The van der Waals surface area contributed by atoms with Crippen LogP contribution in [0.4, 0.5) is 0 Å². The van der Waals surface area contributed by atoms with Crippen molar-refractivity contribution in [3.63, 3.8) is 0 Å². The van der Waals surface area contributed by atoms with E-state index in [9.17, 15) is 4.79 Å². The third-order valence-corrected chi connectivity index (χ3v) is 5.62. The van der Waals surface area contributed by atoms with Crippen LogP contribution in [0.15, 0.2) is 47.0 Å². The summed E-state index contributed by atoms with van der Waals surface area (Å²) in [7, 11) is 1.85. The molecule has 1 saturated heterocycles. The molecule has 6 nitrogen and oxygen atoms in total. The van der Waals surface area contributed by atoms with Crippen molar-refractivity contribution in [2.75, 3.05) is 13.1 Å². The second-order valence-corrected chi connectivity index (χ2v) is 8.66. The molecule has 1 aromatic carbocycles. The summed E-state index contributed by atoms with van der Waals surface area (Å²) in [4.78, 5) is 19.6. The summed E-state index contributed by atoms with van der Waals surface area (Å²) in [6.45, 7) is 5.72. The summed E-state index contributed by atoms with van der Waals surface area (Å²) in [5, 5.41) is 4.53. The minimum atomic E-state index is 0.0424. The highest BCUT2D eigenvalue weighted by atomic mass is 16.4. The van der Waals surface area contributed by atoms with Gasteiger partial charge in [0.25, 0.3) is 5.91 Å². The Morgan fingerprint density at radius 3 is 2.83 bits per heavy atom. The van der Waals surface area contributed by atoms with E-state index in [1.54, 1.807) is 4.68 Å². The normalized spacial score (nSPS) is 16.9. The van der Waals surface area contributed by atoms with Crippen molar-refractivity contribution in [1.82, 2.24) is 19.7 Å². The summed E-state index contributed by atoms with van der Waals surface area (Å²) in [6, 6.07) is 12.2. The number of carbonyl (C=O) groups excluding carboxylic acids is 1. The number of aromatic nitrogens is 3. The lowest BCUT2D eigenvalue weighted by Gasteiger charge is -2.31. The van der Waals surface area contributed by atoms with E-state index in [0.717, 1.165) is 49.6 Å². The fourth-order valence-electron chi connectivity index (χ4n) is 4.16. The lowest BCUT2D eigenvalue weighted by molar-refractivity contribution is 0.0686. The standard InChI is InChI=1S/C24H30N4O2/c1-17(2)12-20-14-22(27(3)26-20)24(29)28-11-7-10-19(16-28)23-25-15-21(30-23)13-18-8-5-4-6-9-18/h4-6,8-9,14-15,17,19H,7,10-13,16H2,1-3H3/t19-/m0/s1. The highest BCUT2D eigenvalue weighted by Gasteiger charge is 2.30. The zero-order valence-corrected chi connectivity index (χ0v) is 18.0. The van der Waals surface area contributed by atoms with Crippen LogP contribution in [-0.2, 0) is 19.9 Å². The van der Waals surface area contributed by atoms with Gasteiger partial charge >= 0.3 is 0 Å². The van der Waals surface area contributed by atoms with Crippen LogP contribution in [0.5, 0.6) is 0 Å². The molecule has 0 radical (unpaired) electrons. The zero-order chi connectivity index (χ0) is 21.1. The maximum absolute atomic E-state index is 13.2. The van der Waals surface area contributed by atoms with Gasteiger partial charge in [-0.3, -0.25) is 9.48 Å². The van der Waals surface area contributed by atoms with E-state index in [2.05, 4.69) is 36.1 Å². The number of benzene rings is 1. The predicted molar refractivity (Wildman–Crippen MR) is 115 cm³/mol. The van der Waals surface area contributed by atoms with Crippen LogP contribution in [0.2, 0.25) is 0 Å². The predicted octanol–water partition coefficient (Wildman–Crippen LogP) is 4.22. The van der Waals surface area contributed by atoms with Gasteiger partial charge in [0.15, 0.2) is 5.89 Å². The summed E-state index contributed by atoms with van der Waals surface area (Å²) in [5.74, 6) is 2.29. The Bertz CT molecular complexity index is 990. The monoisotopic (exact) mass is 406 g/mol. The van der Waals surface area contributed by atoms with Gasteiger partial charge in [0.2, 0.25) is 0 Å². The van der Waals surface area contributed by atoms with Crippen LogP contribution in [0.1, 0.15) is 66.0 Å². The van der Waals surface area contributed by atoms with E-state index in [1.807, 2.05) is 42.4 Å². The quantitative estimate of drug-likeness (QED) is 0.615. The Hall–Kier alpha value is -2.89. The van der Waals surface area contributed by atoms with Gasteiger partial charge in [-0.25, -0.2) is 4.98 Å². The van der Waals surface area contributed by atoms with Gasteiger partial charge in [0.1, 0.15) is 11.5 Å². The van der Waals surface area contributed by atoms with Gasteiger partial charge in [-0.05, 0) is 36.8 Å². The maximum atomic E-state index is 13.2. The van der Waals surface area contributed by atoms with Gasteiger partial charge in [-0.2, -0.15) is 5.10 Å². The molecular formula is C24H30N4O2. The Morgan fingerprint density at radius 2 is 2.07 bits per heavy atom. The summed E-state index contributed by atoms with van der Waals surface area (Å²) in [5.41, 5.74) is 2.83.